The summed E-state index contributed by atoms with van der Waals surface area (Å²) in [6, 6.07) is 10.7. The molecule has 1 aliphatic rings. The van der Waals surface area contributed by atoms with Crippen molar-refractivity contribution < 1.29 is 0 Å². The quantitative estimate of drug-likeness (QED) is 0.592. The predicted molar refractivity (Wildman–Crippen MR) is 66.3 cm³/mol. The van der Waals surface area contributed by atoms with Gasteiger partial charge in [0.25, 0.3) is 0 Å². The highest BCUT2D eigenvalue weighted by atomic mass is 31.0. The fourth-order valence-corrected chi connectivity index (χ4v) is 2.36. The Bertz CT molecular complexity index is 409. The second-order valence-electron chi connectivity index (χ2n) is 3.16. The summed E-state index contributed by atoms with van der Waals surface area (Å²) < 4.78 is 0. The van der Waals surface area contributed by atoms with Crippen LogP contribution in [0.1, 0.15) is 6.42 Å². The fourth-order valence-electron chi connectivity index (χ4n) is 1.39. The van der Waals surface area contributed by atoms with Crippen LogP contribution in [0.3, 0.4) is 0 Å². The third-order valence-electron chi connectivity index (χ3n) is 2.12. The van der Waals surface area contributed by atoms with Gasteiger partial charge in [0.1, 0.15) is 0 Å². The Balaban J connectivity index is 0.000000128. The lowest BCUT2D eigenvalue weighted by Crippen LogP contribution is -1.55. The first-order valence-corrected chi connectivity index (χ1v) is 5.88. The van der Waals surface area contributed by atoms with Gasteiger partial charge >= 0.3 is 0 Å². The van der Waals surface area contributed by atoms with Crippen molar-refractivity contribution in [1.29, 1.82) is 0 Å². The smallest absolute Gasteiger partial charge is 0.00183 e. The average molecular weight is 200 g/mol. The van der Waals surface area contributed by atoms with Gasteiger partial charge in [0.15, 0.2) is 0 Å². The van der Waals surface area contributed by atoms with E-state index in [1.807, 2.05) is 0 Å². The summed E-state index contributed by atoms with van der Waals surface area (Å²) in [4.78, 5) is 0. The molecule has 0 aliphatic heterocycles. The largest absolute Gasteiger partial charge is 0.132 e. The van der Waals surface area contributed by atoms with E-state index in [0.29, 0.717) is 0 Å². The van der Waals surface area contributed by atoms with E-state index in [9.17, 15) is 0 Å². The van der Waals surface area contributed by atoms with Gasteiger partial charge in [-0.2, -0.15) is 0 Å². The second kappa shape index (κ2) is 4.83. The minimum Gasteiger partial charge on any atom is -0.132 e. The molecule has 0 radical (unpaired) electrons. The first-order chi connectivity index (χ1) is 6.97. The van der Waals surface area contributed by atoms with Crippen LogP contribution < -0.4 is 0 Å². The van der Waals surface area contributed by atoms with Crippen LogP contribution in [0.4, 0.5) is 0 Å². The standard InChI is InChI=1S/C8H7P.C5H6/c1-2-4-8-7(3-1)5-6-9-8;1-2-4-5-3-1/h1-6,9H;1-4H,5H2. The van der Waals surface area contributed by atoms with Crippen LogP contribution in [-0.4, -0.2) is 0 Å². The molecule has 0 saturated heterocycles. The Hall–Kier alpha value is -1.26. The van der Waals surface area contributed by atoms with Crippen molar-refractivity contribution >= 4 is 18.7 Å². The van der Waals surface area contributed by atoms with Crippen molar-refractivity contribution in [3.05, 3.63) is 60.4 Å². The molecule has 1 aromatic heterocycles. The molecule has 0 nitrogen and oxygen atoms in total. The van der Waals surface area contributed by atoms with Gasteiger partial charge in [-0.15, -0.1) is 8.19 Å². The molecule has 3 rings (SSSR count). The maximum Gasteiger partial charge on any atom is -0.00183 e. The number of hydrogen-bond acceptors (Lipinski definition) is 0. The molecule has 1 heteroatoms. The molecular weight excluding hydrogens is 187 g/mol. The molecular formula is C13H13P. The Morgan fingerprint density at radius 1 is 0.929 bits per heavy atom. The van der Waals surface area contributed by atoms with E-state index in [1.165, 1.54) is 10.5 Å². The van der Waals surface area contributed by atoms with Crippen molar-refractivity contribution in [1.82, 2.24) is 0 Å². The molecule has 1 aliphatic carbocycles. The summed E-state index contributed by atoms with van der Waals surface area (Å²) in [5.41, 5.74) is 0. The molecule has 0 saturated carbocycles. The van der Waals surface area contributed by atoms with Gasteiger partial charge in [0.2, 0.25) is 0 Å². The molecule has 1 unspecified atom stereocenters. The van der Waals surface area contributed by atoms with E-state index in [4.69, 9.17) is 0 Å². The van der Waals surface area contributed by atoms with Crippen LogP contribution in [0.2, 0.25) is 0 Å². The average Bonchev–Trinajstić information content (AvgIpc) is 2.92. The number of fused-ring (bicyclic) bond motifs is 1. The van der Waals surface area contributed by atoms with Gasteiger partial charge in [-0.1, -0.05) is 54.6 Å². The van der Waals surface area contributed by atoms with Gasteiger partial charge in [0.05, 0.1) is 0 Å². The lowest BCUT2D eigenvalue weighted by atomic mass is 10.3. The third-order valence-corrected chi connectivity index (χ3v) is 3.22. The molecule has 0 amide bonds. The maximum atomic E-state index is 2.23. The Morgan fingerprint density at radius 2 is 1.71 bits per heavy atom. The summed E-state index contributed by atoms with van der Waals surface area (Å²) in [5, 5.41) is 2.88. The summed E-state index contributed by atoms with van der Waals surface area (Å²) >= 11 is 0. The molecule has 0 bridgehead atoms. The van der Waals surface area contributed by atoms with Crippen LogP contribution in [0, 0.1) is 0 Å². The van der Waals surface area contributed by atoms with Crippen LogP contribution in [0.25, 0.3) is 10.5 Å². The van der Waals surface area contributed by atoms with Crippen molar-refractivity contribution in [2.24, 2.45) is 0 Å². The van der Waals surface area contributed by atoms with Crippen LogP contribution in [0.15, 0.2) is 60.4 Å². The van der Waals surface area contributed by atoms with Crippen molar-refractivity contribution in [2.75, 3.05) is 0 Å². The highest BCUT2D eigenvalue weighted by molar-refractivity contribution is 7.36. The number of benzene rings is 1. The molecule has 0 fully saturated rings. The zero-order chi connectivity index (χ0) is 9.64. The molecule has 2 aromatic rings. The lowest BCUT2D eigenvalue weighted by Gasteiger charge is -1.83. The van der Waals surface area contributed by atoms with Gasteiger partial charge in [-0.05, 0) is 22.7 Å². The molecule has 0 N–H and O–H groups in total. The topological polar surface area (TPSA) is 0 Å². The summed E-state index contributed by atoms with van der Waals surface area (Å²) in [6.45, 7) is 0. The van der Waals surface area contributed by atoms with E-state index >= 15 is 0 Å². The first-order valence-electron chi connectivity index (χ1n) is 4.80. The van der Waals surface area contributed by atoms with Crippen molar-refractivity contribution in [2.45, 2.75) is 6.42 Å². The van der Waals surface area contributed by atoms with E-state index in [0.717, 1.165) is 14.6 Å². The van der Waals surface area contributed by atoms with Gasteiger partial charge in [-0.25, -0.2) is 0 Å². The molecule has 0 spiro atoms. The molecule has 14 heavy (non-hydrogen) atoms. The summed E-state index contributed by atoms with van der Waals surface area (Å²) in [6.07, 6.45) is 9.50. The maximum absolute atomic E-state index is 2.23. The van der Waals surface area contributed by atoms with Gasteiger partial charge < -0.3 is 0 Å². The van der Waals surface area contributed by atoms with Crippen molar-refractivity contribution in [3.63, 3.8) is 0 Å². The zero-order valence-electron chi connectivity index (χ0n) is 7.98. The van der Waals surface area contributed by atoms with Crippen LogP contribution in [-0.2, 0) is 0 Å². The highest BCUT2D eigenvalue weighted by Crippen LogP contribution is 2.23. The number of rotatable bonds is 0. The van der Waals surface area contributed by atoms with E-state index in [1.54, 1.807) is 0 Å². The monoisotopic (exact) mass is 200 g/mol. The van der Waals surface area contributed by atoms with Crippen molar-refractivity contribution in [3.8, 4) is 0 Å². The lowest BCUT2D eigenvalue weighted by molar-refractivity contribution is 1.45. The Labute approximate surface area is 86.0 Å². The van der Waals surface area contributed by atoms with Crippen LogP contribution in [0.5, 0.6) is 0 Å². The Kier molecular flexibility index (Phi) is 3.21. The minimum atomic E-state index is 0.899. The first kappa shape index (κ1) is 9.30. The summed E-state index contributed by atoms with van der Waals surface area (Å²) in [7, 11) is 0.899. The molecule has 70 valence electrons. The number of allylic oxidation sites excluding steroid dienone is 4. The molecule has 1 heterocycles. The Morgan fingerprint density at radius 3 is 2.36 bits per heavy atom. The summed E-state index contributed by atoms with van der Waals surface area (Å²) in [5.74, 6) is 2.23. The van der Waals surface area contributed by atoms with Gasteiger partial charge in [0, 0.05) is 0 Å². The van der Waals surface area contributed by atoms with Gasteiger partial charge in [-0.3, -0.25) is 0 Å². The second-order valence-corrected chi connectivity index (χ2v) is 4.32. The molecule has 1 atom stereocenters. The zero-order valence-corrected chi connectivity index (χ0v) is 8.98. The van der Waals surface area contributed by atoms with Crippen LogP contribution >= 0.6 is 8.19 Å². The SMILES string of the molecule is C1=CCC=C1.c1ccc2[pH]ccc2c1. The third kappa shape index (κ3) is 2.37. The highest BCUT2D eigenvalue weighted by Gasteiger charge is 1.86. The minimum absolute atomic E-state index is 0.899. The van der Waals surface area contributed by atoms with E-state index in [2.05, 4.69) is 60.4 Å². The molecule has 1 aromatic carbocycles. The number of hydrogen-bond donors (Lipinski definition) is 0. The van der Waals surface area contributed by atoms with E-state index in [-0.39, 0.29) is 0 Å². The fraction of sp³-hybridized carbons (Fsp3) is 0.0769. The van der Waals surface area contributed by atoms with E-state index < -0.39 is 0 Å². The normalized spacial score (nSPS) is 13.4. The predicted octanol–water partition coefficient (Wildman–Crippen LogP) is 4.37.